The number of allylic oxidation sites excluding steroid dienone is 1. The molecule has 0 N–H and O–H groups in total. The molecule has 4 heteroatoms. The maximum atomic E-state index is 11.7. The molecule has 3 saturated carbocycles. The molecule has 3 fully saturated rings. The first-order chi connectivity index (χ1) is 15.6. The van der Waals surface area contributed by atoms with Crippen LogP contribution in [-0.4, -0.2) is 17.3 Å². The van der Waals surface area contributed by atoms with E-state index in [1.54, 1.807) is 0 Å². The second kappa shape index (κ2) is 9.67. The number of carbonyl (C=O) groups excluding carboxylic acids is 2. The summed E-state index contributed by atoms with van der Waals surface area (Å²) in [6.45, 7) is 12.4. The van der Waals surface area contributed by atoms with Crippen molar-refractivity contribution in [2.24, 2.45) is 46.3 Å². The van der Waals surface area contributed by atoms with E-state index in [-0.39, 0.29) is 11.5 Å². The Morgan fingerprint density at radius 2 is 1.82 bits per heavy atom. The van der Waals surface area contributed by atoms with Crippen molar-refractivity contribution in [1.29, 1.82) is 0 Å². The van der Waals surface area contributed by atoms with Crippen molar-refractivity contribution >= 4 is 22.8 Å². The van der Waals surface area contributed by atoms with E-state index in [0.717, 1.165) is 54.8 Å². The van der Waals surface area contributed by atoms with Crippen LogP contribution in [-0.2, 0) is 14.3 Å². The standard InChI is InChI=1S/C29H45ClO3/c1-18(2)7-6-8-19(3)23-11-12-24-22-10-9-20-17-21(33-27(32)26(30)31)13-15-28(20,4)25(22)14-16-29(23,24)5/h9,18-19,21-25H,6-8,10-17H2,1-5H3/t19?,21-,22-,23+,24-,25-,28-,29+/m0/s1. The lowest BCUT2D eigenvalue weighted by atomic mass is 9.47. The quantitative estimate of drug-likeness (QED) is 0.163. The molecule has 1 unspecified atom stereocenters. The Balaban J connectivity index is 1.45. The van der Waals surface area contributed by atoms with Gasteiger partial charge in [-0.3, -0.25) is 4.79 Å². The molecule has 33 heavy (non-hydrogen) atoms. The van der Waals surface area contributed by atoms with Crippen LogP contribution in [0, 0.1) is 46.3 Å². The van der Waals surface area contributed by atoms with E-state index in [1.165, 1.54) is 56.9 Å². The van der Waals surface area contributed by atoms with E-state index >= 15 is 0 Å². The van der Waals surface area contributed by atoms with E-state index in [4.69, 9.17) is 16.3 Å². The molecule has 0 aromatic heterocycles. The summed E-state index contributed by atoms with van der Waals surface area (Å²) in [5, 5.41) is -1.01. The summed E-state index contributed by atoms with van der Waals surface area (Å²) in [6, 6.07) is 0. The van der Waals surface area contributed by atoms with Crippen molar-refractivity contribution in [3.63, 3.8) is 0 Å². The smallest absolute Gasteiger partial charge is 0.391 e. The van der Waals surface area contributed by atoms with Crippen molar-refractivity contribution in [3.8, 4) is 0 Å². The summed E-state index contributed by atoms with van der Waals surface area (Å²) in [5.74, 6) is 4.05. The minimum Gasteiger partial charge on any atom is -0.455 e. The molecule has 4 aliphatic carbocycles. The Kier molecular flexibility index (Phi) is 7.40. The first-order valence-electron chi connectivity index (χ1n) is 13.7. The zero-order valence-electron chi connectivity index (χ0n) is 21.5. The number of rotatable bonds is 7. The molecule has 0 saturated heterocycles. The predicted octanol–water partition coefficient (Wildman–Crippen LogP) is 7.71. The number of halogens is 1. The van der Waals surface area contributed by atoms with Gasteiger partial charge in [-0.2, -0.15) is 0 Å². The number of fused-ring (bicyclic) bond motifs is 5. The zero-order valence-corrected chi connectivity index (χ0v) is 22.3. The van der Waals surface area contributed by atoms with Crippen LogP contribution in [0.15, 0.2) is 11.6 Å². The normalized spacial score (nSPS) is 40.9. The molecule has 0 aromatic carbocycles. The van der Waals surface area contributed by atoms with Crippen LogP contribution in [0.4, 0.5) is 0 Å². The van der Waals surface area contributed by atoms with Crippen LogP contribution < -0.4 is 0 Å². The third-order valence-electron chi connectivity index (χ3n) is 10.7. The number of hydrogen-bond acceptors (Lipinski definition) is 3. The first-order valence-corrected chi connectivity index (χ1v) is 14.0. The molecule has 0 aromatic rings. The van der Waals surface area contributed by atoms with E-state index in [0.29, 0.717) is 5.41 Å². The van der Waals surface area contributed by atoms with E-state index < -0.39 is 11.2 Å². The first kappa shape index (κ1) is 25.3. The van der Waals surface area contributed by atoms with Gasteiger partial charge in [0.1, 0.15) is 6.10 Å². The Hall–Kier alpha value is -0.830. The average molecular weight is 477 g/mol. The van der Waals surface area contributed by atoms with Gasteiger partial charge in [0.2, 0.25) is 0 Å². The molecular weight excluding hydrogens is 432 g/mol. The second-order valence-electron chi connectivity index (χ2n) is 12.8. The summed E-state index contributed by atoms with van der Waals surface area (Å²) < 4.78 is 5.39. The molecule has 8 atom stereocenters. The van der Waals surface area contributed by atoms with Gasteiger partial charge in [0.25, 0.3) is 0 Å². The lowest BCUT2D eigenvalue weighted by molar-refractivity contribution is -0.156. The second-order valence-corrected chi connectivity index (χ2v) is 13.2. The molecule has 0 radical (unpaired) electrons. The van der Waals surface area contributed by atoms with Crippen molar-refractivity contribution < 1.29 is 14.3 Å². The van der Waals surface area contributed by atoms with Crippen molar-refractivity contribution in [2.45, 2.75) is 111 Å². The lowest BCUT2D eigenvalue weighted by Crippen LogP contribution is -2.51. The highest BCUT2D eigenvalue weighted by Crippen LogP contribution is 2.67. The van der Waals surface area contributed by atoms with Gasteiger partial charge in [-0.1, -0.05) is 65.5 Å². The zero-order chi connectivity index (χ0) is 24.0. The van der Waals surface area contributed by atoms with Gasteiger partial charge >= 0.3 is 11.2 Å². The Labute approximate surface area is 206 Å². The van der Waals surface area contributed by atoms with Crippen molar-refractivity contribution in [2.75, 3.05) is 0 Å². The topological polar surface area (TPSA) is 43.4 Å². The van der Waals surface area contributed by atoms with Gasteiger partial charge in [-0.05, 0) is 103 Å². The van der Waals surface area contributed by atoms with Gasteiger partial charge in [0.05, 0.1) is 0 Å². The fourth-order valence-electron chi connectivity index (χ4n) is 8.95. The minimum atomic E-state index is -1.01. The predicted molar refractivity (Wildman–Crippen MR) is 134 cm³/mol. The summed E-state index contributed by atoms with van der Waals surface area (Å²) in [7, 11) is 0. The summed E-state index contributed by atoms with van der Waals surface area (Å²) in [4.78, 5) is 22.8. The molecule has 186 valence electrons. The molecule has 3 nitrogen and oxygen atoms in total. The SMILES string of the molecule is CC(C)CCCC(C)[C@H]1CC[C@H]2[C@@H]3CC=C4C[C@@H](OC(=O)C(=O)Cl)CC[C@]4(C)[C@H]3CC[C@]12C. The maximum Gasteiger partial charge on any atom is 0.391 e. The van der Waals surface area contributed by atoms with Crippen LogP contribution in [0.5, 0.6) is 0 Å². The highest BCUT2D eigenvalue weighted by atomic mass is 35.5. The van der Waals surface area contributed by atoms with E-state index in [9.17, 15) is 9.59 Å². The van der Waals surface area contributed by atoms with Gasteiger partial charge in [0.15, 0.2) is 0 Å². The van der Waals surface area contributed by atoms with Crippen LogP contribution in [0.1, 0.15) is 105 Å². The number of carbonyl (C=O) groups is 2. The van der Waals surface area contributed by atoms with Crippen LogP contribution in [0.25, 0.3) is 0 Å². The van der Waals surface area contributed by atoms with Crippen LogP contribution in [0.3, 0.4) is 0 Å². The number of esters is 1. The monoisotopic (exact) mass is 476 g/mol. The van der Waals surface area contributed by atoms with Crippen molar-refractivity contribution in [1.82, 2.24) is 0 Å². The van der Waals surface area contributed by atoms with Gasteiger partial charge in [-0.15, -0.1) is 0 Å². The van der Waals surface area contributed by atoms with Gasteiger partial charge in [0, 0.05) is 6.42 Å². The van der Waals surface area contributed by atoms with E-state index in [1.807, 2.05) is 0 Å². The number of hydrogen-bond donors (Lipinski definition) is 0. The fraction of sp³-hybridized carbons (Fsp3) is 0.862. The molecular formula is C29H45ClO3. The summed E-state index contributed by atoms with van der Waals surface area (Å²) in [6.07, 6.45) is 15.8. The van der Waals surface area contributed by atoms with Gasteiger partial charge in [-0.25, -0.2) is 4.79 Å². The molecule has 0 heterocycles. The molecule has 0 aliphatic heterocycles. The highest BCUT2D eigenvalue weighted by Gasteiger charge is 2.59. The van der Waals surface area contributed by atoms with Crippen LogP contribution in [0.2, 0.25) is 0 Å². The van der Waals surface area contributed by atoms with E-state index in [2.05, 4.69) is 40.7 Å². The van der Waals surface area contributed by atoms with Crippen molar-refractivity contribution in [3.05, 3.63) is 11.6 Å². The van der Waals surface area contributed by atoms with Gasteiger partial charge < -0.3 is 4.74 Å². The molecule has 4 rings (SSSR count). The third kappa shape index (κ3) is 4.69. The Bertz CT molecular complexity index is 788. The third-order valence-corrected chi connectivity index (χ3v) is 10.8. The van der Waals surface area contributed by atoms with Crippen LogP contribution >= 0.6 is 11.6 Å². The maximum absolute atomic E-state index is 11.7. The Morgan fingerprint density at radius 3 is 2.52 bits per heavy atom. The Morgan fingerprint density at radius 1 is 1.06 bits per heavy atom. The summed E-state index contributed by atoms with van der Waals surface area (Å²) >= 11 is 5.32. The molecule has 4 aliphatic rings. The largest absolute Gasteiger partial charge is 0.455 e. The fourth-order valence-corrected chi connectivity index (χ4v) is 8.99. The average Bonchev–Trinajstić information content (AvgIpc) is 3.11. The number of ether oxygens (including phenoxy) is 1. The summed E-state index contributed by atoms with van der Waals surface area (Å²) in [5.41, 5.74) is 2.20. The minimum absolute atomic E-state index is 0.201. The molecule has 0 bridgehead atoms. The molecule has 0 spiro atoms. The highest BCUT2D eigenvalue weighted by molar-refractivity contribution is 6.80. The lowest BCUT2D eigenvalue weighted by Gasteiger charge is -2.58. The molecule has 0 amide bonds.